The van der Waals surface area contributed by atoms with Crippen LogP contribution >= 0.6 is 0 Å². The Labute approximate surface area is 165 Å². The predicted molar refractivity (Wildman–Crippen MR) is 105 cm³/mol. The zero-order valence-electron chi connectivity index (χ0n) is 16.1. The summed E-state index contributed by atoms with van der Waals surface area (Å²) in [5, 5.41) is 3.02. The van der Waals surface area contributed by atoms with Crippen molar-refractivity contribution in [1.82, 2.24) is 10.2 Å². The Balaban J connectivity index is 1.38. The molecule has 2 aliphatic rings. The molecule has 1 N–H and O–H groups in total. The maximum atomic E-state index is 12.7. The highest BCUT2D eigenvalue weighted by Gasteiger charge is 2.33. The number of carbonyl (C=O) groups excluding carboxylic acids is 1. The number of benzene rings is 2. The molecule has 0 aromatic heterocycles. The summed E-state index contributed by atoms with van der Waals surface area (Å²) in [7, 11) is 0. The molecule has 1 amide bonds. The van der Waals surface area contributed by atoms with Crippen molar-refractivity contribution in [3.05, 3.63) is 59.7 Å². The molecule has 1 saturated heterocycles. The van der Waals surface area contributed by atoms with Crippen LogP contribution in [0.1, 0.15) is 18.1 Å². The first-order valence-corrected chi connectivity index (χ1v) is 9.77. The highest BCUT2D eigenvalue weighted by Crippen LogP contribution is 2.33. The van der Waals surface area contributed by atoms with E-state index in [2.05, 4.69) is 22.3 Å². The zero-order chi connectivity index (χ0) is 19.3. The third kappa shape index (κ3) is 4.29. The first-order valence-electron chi connectivity index (χ1n) is 9.77. The Morgan fingerprint density at radius 3 is 2.39 bits per heavy atom. The number of morpholine rings is 1. The van der Waals surface area contributed by atoms with E-state index in [1.807, 2.05) is 43.3 Å². The molecule has 0 bridgehead atoms. The molecule has 0 radical (unpaired) electrons. The van der Waals surface area contributed by atoms with Crippen molar-refractivity contribution in [3.8, 4) is 11.5 Å². The van der Waals surface area contributed by atoms with E-state index in [-0.39, 0.29) is 12.0 Å². The molecule has 2 aromatic carbocycles. The van der Waals surface area contributed by atoms with Gasteiger partial charge >= 0.3 is 0 Å². The van der Waals surface area contributed by atoms with Gasteiger partial charge in [0.1, 0.15) is 6.10 Å². The summed E-state index contributed by atoms with van der Waals surface area (Å²) in [6, 6.07) is 15.7. The molecule has 2 aromatic rings. The highest BCUT2D eigenvalue weighted by molar-refractivity contribution is 5.82. The molecular formula is C22H26N2O4. The number of ether oxygens (including phenoxy) is 3. The average molecular weight is 382 g/mol. The Morgan fingerprint density at radius 2 is 1.64 bits per heavy atom. The fraction of sp³-hybridized carbons (Fsp3) is 0.409. The second-order valence-electron chi connectivity index (χ2n) is 7.18. The van der Waals surface area contributed by atoms with Crippen LogP contribution < -0.4 is 14.8 Å². The highest BCUT2D eigenvalue weighted by atomic mass is 16.6. The molecule has 2 atom stereocenters. The number of nitrogens with zero attached hydrogens (tertiary/aromatic N) is 1. The molecule has 0 spiro atoms. The Hall–Kier alpha value is -2.57. The third-order valence-electron chi connectivity index (χ3n) is 5.17. The maximum absolute atomic E-state index is 12.7. The van der Waals surface area contributed by atoms with Gasteiger partial charge in [0.15, 0.2) is 11.5 Å². The van der Waals surface area contributed by atoms with Gasteiger partial charge in [0.25, 0.3) is 5.91 Å². The Morgan fingerprint density at radius 1 is 1.00 bits per heavy atom. The summed E-state index contributed by atoms with van der Waals surface area (Å²) >= 11 is 0. The van der Waals surface area contributed by atoms with E-state index in [1.165, 1.54) is 5.56 Å². The smallest absolute Gasteiger partial charge is 0.265 e. The largest absolute Gasteiger partial charge is 0.482 e. The number of nitrogens with one attached hydrogen (secondary N) is 1. The van der Waals surface area contributed by atoms with Gasteiger partial charge in [-0.1, -0.05) is 36.4 Å². The number of carbonyl (C=O) groups is 1. The van der Waals surface area contributed by atoms with Gasteiger partial charge < -0.3 is 19.5 Å². The number of rotatable bonds is 5. The van der Waals surface area contributed by atoms with E-state index in [9.17, 15) is 4.79 Å². The van der Waals surface area contributed by atoms with Crippen molar-refractivity contribution in [3.63, 3.8) is 0 Å². The molecule has 1 fully saturated rings. The number of hydrogen-bond donors (Lipinski definition) is 1. The number of para-hydroxylation sites is 2. The van der Waals surface area contributed by atoms with Gasteiger partial charge in [0.2, 0.25) is 6.10 Å². The number of amides is 1. The van der Waals surface area contributed by atoms with Gasteiger partial charge in [-0.15, -0.1) is 0 Å². The SMILES string of the molecule is CC1Oc2ccccc2OC1C(=O)NCc1ccccc1CN1CCOCC1. The standard InChI is InChI=1S/C22H26N2O4/c1-16-21(28-20-9-5-4-8-19(20)27-16)22(25)23-14-17-6-2-3-7-18(17)15-24-10-12-26-13-11-24/h2-9,16,21H,10-15H2,1H3,(H,23,25). The zero-order valence-corrected chi connectivity index (χ0v) is 16.1. The lowest BCUT2D eigenvalue weighted by atomic mass is 10.1. The summed E-state index contributed by atoms with van der Waals surface area (Å²) < 4.78 is 17.1. The first-order chi connectivity index (χ1) is 13.7. The topological polar surface area (TPSA) is 60.0 Å². The number of hydrogen-bond acceptors (Lipinski definition) is 5. The van der Waals surface area contributed by atoms with E-state index in [4.69, 9.17) is 14.2 Å². The van der Waals surface area contributed by atoms with Crippen molar-refractivity contribution >= 4 is 5.91 Å². The van der Waals surface area contributed by atoms with Gasteiger partial charge in [0.05, 0.1) is 13.2 Å². The molecule has 4 rings (SSSR count). The second-order valence-corrected chi connectivity index (χ2v) is 7.18. The molecule has 2 aliphatic heterocycles. The minimum Gasteiger partial charge on any atom is -0.482 e. The summed E-state index contributed by atoms with van der Waals surface area (Å²) in [5.41, 5.74) is 2.34. The molecule has 2 heterocycles. The molecular weight excluding hydrogens is 356 g/mol. The van der Waals surface area contributed by atoms with Gasteiger partial charge in [-0.05, 0) is 30.2 Å². The molecule has 0 aliphatic carbocycles. The summed E-state index contributed by atoms with van der Waals surface area (Å²) in [5.74, 6) is 1.12. The van der Waals surface area contributed by atoms with Crippen LogP contribution in [0.25, 0.3) is 0 Å². The van der Waals surface area contributed by atoms with Crippen molar-refractivity contribution in [2.75, 3.05) is 26.3 Å². The van der Waals surface area contributed by atoms with E-state index in [0.717, 1.165) is 38.4 Å². The van der Waals surface area contributed by atoms with Crippen LogP contribution in [0.4, 0.5) is 0 Å². The third-order valence-corrected chi connectivity index (χ3v) is 5.17. The van der Waals surface area contributed by atoms with E-state index >= 15 is 0 Å². The quantitative estimate of drug-likeness (QED) is 0.860. The van der Waals surface area contributed by atoms with Crippen LogP contribution in [0.15, 0.2) is 48.5 Å². The van der Waals surface area contributed by atoms with Crippen molar-refractivity contribution in [1.29, 1.82) is 0 Å². The average Bonchev–Trinajstić information content (AvgIpc) is 2.73. The van der Waals surface area contributed by atoms with Crippen LogP contribution in [-0.4, -0.2) is 49.3 Å². The molecule has 28 heavy (non-hydrogen) atoms. The van der Waals surface area contributed by atoms with E-state index in [1.54, 1.807) is 0 Å². The van der Waals surface area contributed by atoms with E-state index < -0.39 is 6.10 Å². The van der Waals surface area contributed by atoms with Crippen LogP contribution in [0.5, 0.6) is 11.5 Å². The Kier molecular flexibility index (Phi) is 5.78. The second kappa shape index (κ2) is 8.63. The lowest BCUT2D eigenvalue weighted by Crippen LogP contribution is -2.48. The molecule has 0 saturated carbocycles. The molecule has 2 unspecified atom stereocenters. The van der Waals surface area contributed by atoms with Crippen LogP contribution in [0.3, 0.4) is 0 Å². The molecule has 148 valence electrons. The van der Waals surface area contributed by atoms with E-state index in [0.29, 0.717) is 18.0 Å². The van der Waals surface area contributed by atoms with Crippen LogP contribution in [0, 0.1) is 0 Å². The molecule has 6 nitrogen and oxygen atoms in total. The van der Waals surface area contributed by atoms with Gasteiger partial charge in [0, 0.05) is 26.2 Å². The normalized spacial score (nSPS) is 21.9. The summed E-state index contributed by atoms with van der Waals surface area (Å²) in [6.07, 6.45) is -1.01. The number of fused-ring (bicyclic) bond motifs is 1. The summed E-state index contributed by atoms with van der Waals surface area (Å²) in [6.45, 7) is 6.60. The van der Waals surface area contributed by atoms with Gasteiger partial charge in [-0.2, -0.15) is 0 Å². The molecule has 6 heteroatoms. The van der Waals surface area contributed by atoms with Crippen LogP contribution in [-0.2, 0) is 22.6 Å². The fourth-order valence-electron chi connectivity index (χ4n) is 3.57. The minimum absolute atomic E-state index is 0.164. The first kappa shape index (κ1) is 18.8. The maximum Gasteiger partial charge on any atom is 0.265 e. The van der Waals surface area contributed by atoms with Gasteiger partial charge in [-0.3, -0.25) is 9.69 Å². The van der Waals surface area contributed by atoms with Crippen molar-refractivity contribution in [2.24, 2.45) is 0 Å². The Bertz CT molecular complexity index is 820. The minimum atomic E-state index is -0.665. The monoisotopic (exact) mass is 382 g/mol. The lowest BCUT2D eigenvalue weighted by molar-refractivity contribution is -0.133. The predicted octanol–water partition coefficient (Wildman–Crippen LogP) is 2.36. The van der Waals surface area contributed by atoms with Crippen molar-refractivity contribution < 1.29 is 19.0 Å². The fourth-order valence-corrected chi connectivity index (χ4v) is 3.57. The van der Waals surface area contributed by atoms with Crippen LogP contribution in [0.2, 0.25) is 0 Å². The van der Waals surface area contributed by atoms with Crippen molar-refractivity contribution in [2.45, 2.75) is 32.2 Å². The summed E-state index contributed by atoms with van der Waals surface area (Å²) in [4.78, 5) is 15.1. The lowest BCUT2D eigenvalue weighted by Gasteiger charge is -2.31. The van der Waals surface area contributed by atoms with Gasteiger partial charge in [-0.25, -0.2) is 0 Å².